The summed E-state index contributed by atoms with van der Waals surface area (Å²) in [6.45, 7) is 0. The molecule has 0 unspecified atom stereocenters. The highest BCUT2D eigenvalue weighted by atomic mass is 79.9. The van der Waals surface area contributed by atoms with Gasteiger partial charge in [0.05, 0.1) is 12.7 Å². The lowest BCUT2D eigenvalue weighted by Crippen LogP contribution is -2.00. The van der Waals surface area contributed by atoms with Crippen LogP contribution in [0.25, 0.3) is 11.1 Å². The lowest BCUT2D eigenvalue weighted by molar-refractivity contribution is 0.0601. The molecular formula is C13H10BrNO2. The minimum atomic E-state index is -0.330. The maximum Gasteiger partial charge on any atom is 0.337 e. The summed E-state index contributed by atoms with van der Waals surface area (Å²) in [5.74, 6) is -0.330. The van der Waals surface area contributed by atoms with E-state index < -0.39 is 0 Å². The molecule has 4 heteroatoms. The molecule has 2 aromatic rings. The highest BCUT2D eigenvalue weighted by Crippen LogP contribution is 2.22. The van der Waals surface area contributed by atoms with Crippen LogP contribution in [-0.4, -0.2) is 18.1 Å². The minimum Gasteiger partial charge on any atom is -0.465 e. The second-order valence-electron chi connectivity index (χ2n) is 3.46. The number of hydrogen-bond donors (Lipinski definition) is 0. The number of nitrogens with zero attached hydrogens (tertiary/aromatic N) is 1. The van der Waals surface area contributed by atoms with Gasteiger partial charge in [0.15, 0.2) is 0 Å². The van der Waals surface area contributed by atoms with Crippen LogP contribution in [0.15, 0.2) is 47.2 Å². The second kappa shape index (κ2) is 5.10. The van der Waals surface area contributed by atoms with Crippen LogP contribution in [-0.2, 0) is 4.74 Å². The maximum absolute atomic E-state index is 11.3. The first-order valence-electron chi connectivity index (χ1n) is 5.00. The zero-order chi connectivity index (χ0) is 12.3. The Hall–Kier alpha value is -1.68. The van der Waals surface area contributed by atoms with Crippen molar-refractivity contribution in [1.29, 1.82) is 0 Å². The van der Waals surface area contributed by atoms with Gasteiger partial charge in [-0.2, -0.15) is 0 Å². The summed E-state index contributed by atoms with van der Waals surface area (Å²) < 4.78 is 5.57. The SMILES string of the molecule is COC(=O)c1ccc(-c2cncc(Br)c2)cc1. The van der Waals surface area contributed by atoms with E-state index >= 15 is 0 Å². The maximum atomic E-state index is 11.3. The Bertz CT molecular complexity index is 537. The zero-order valence-corrected chi connectivity index (χ0v) is 10.8. The average molecular weight is 292 g/mol. The van der Waals surface area contributed by atoms with Crippen molar-refractivity contribution >= 4 is 21.9 Å². The predicted octanol–water partition coefficient (Wildman–Crippen LogP) is 3.30. The number of hydrogen-bond acceptors (Lipinski definition) is 3. The first-order chi connectivity index (χ1) is 8.20. The molecule has 0 aliphatic carbocycles. The van der Waals surface area contributed by atoms with Gasteiger partial charge >= 0.3 is 5.97 Å². The van der Waals surface area contributed by atoms with Crippen LogP contribution >= 0.6 is 15.9 Å². The topological polar surface area (TPSA) is 39.2 Å². The highest BCUT2D eigenvalue weighted by Gasteiger charge is 2.05. The van der Waals surface area contributed by atoms with Crippen molar-refractivity contribution in [2.24, 2.45) is 0 Å². The number of carbonyl (C=O) groups is 1. The Labute approximate surface area is 108 Å². The molecule has 0 atom stereocenters. The molecule has 0 saturated heterocycles. The van der Waals surface area contributed by atoms with E-state index in [-0.39, 0.29) is 5.97 Å². The number of esters is 1. The number of pyridine rings is 1. The molecule has 0 spiro atoms. The quantitative estimate of drug-likeness (QED) is 0.797. The summed E-state index contributed by atoms with van der Waals surface area (Å²) in [4.78, 5) is 15.4. The van der Waals surface area contributed by atoms with Gasteiger partial charge in [-0.15, -0.1) is 0 Å². The van der Waals surface area contributed by atoms with Gasteiger partial charge in [0.1, 0.15) is 0 Å². The first kappa shape index (κ1) is 11.8. The Kier molecular flexibility index (Phi) is 3.54. The van der Waals surface area contributed by atoms with E-state index in [1.807, 2.05) is 18.2 Å². The molecule has 1 aromatic heterocycles. The van der Waals surface area contributed by atoms with Crippen molar-refractivity contribution in [1.82, 2.24) is 4.98 Å². The number of methoxy groups -OCH3 is 1. The third-order valence-corrected chi connectivity index (χ3v) is 2.78. The minimum absolute atomic E-state index is 0.330. The molecule has 0 aliphatic heterocycles. The molecule has 0 bridgehead atoms. The van der Waals surface area contributed by atoms with Crippen LogP contribution in [0.5, 0.6) is 0 Å². The lowest BCUT2D eigenvalue weighted by atomic mass is 10.1. The molecule has 0 radical (unpaired) electrons. The van der Waals surface area contributed by atoms with Gasteiger partial charge in [-0.25, -0.2) is 4.79 Å². The Balaban J connectivity index is 2.32. The van der Waals surface area contributed by atoms with Crippen molar-refractivity contribution in [2.75, 3.05) is 7.11 Å². The van der Waals surface area contributed by atoms with Gasteiger partial charge in [-0.1, -0.05) is 12.1 Å². The third-order valence-electron chi connectivity index (χ3n) is 2.34. The average Bonchev–Trinajstić information content (AvgIpc) is 2.38. The molecule has 3 nitrogen and oxygen atoms in total. The number of benzene rings is 1. The molecule has 86 valence electrons. The first-order valence-corrected chi connectivity index (χ1v) is 5.79. The molecule has 1 heterocycles. The van der Waals surface area contributed by atoms with E-state index in [0.29, 0.717) is 5.56 Å². The van der Waals surface area contributed by atoms with E-state index in [4.69, 9.17) is 0 Å². The van der Waals surface area contributed by atoms with E-state index in [2.05, 4.69) is 25.7 Å². The molecule has 0 fully saturated rings. The van der Waals surface area contributed by atoms with Gasteiger partial charge in [-0.3, -0.25) is 4.98 Å². The van der Waals surface area contributed by atoms with Crippen molar-refractivity contribution in [3.05, 3.63) is 52.8 Å². The number of ether oxygens (including phenoxy) is 1. The number of rotatable bonds is 2. The summed E-state index contributed by atoms with van der Waals surface area (Å²) in [5.41, 5.74) is 2.54. The van der Waals surface area contributed by atoms with Gasteiger partial charge in [0.25, 0.3) is 0 Å². The molecular weight excluding hydrogens is 282 g/mol. The molecule has 1 aromatic carbocycles. The second-order valence-corrected chi connectivity index (χ2v) is 4.38. The van der Waals surface area contributed by atoms with Gasteiger partial charge in [-0.05, 0) is 39.7 Å². The van der Waals surface area contributed by atoms with Crippen LogP contribution in [0.3, 0.4) is 0 Å². The fraction of sp³-hybridized carbons (Fsp3) is 0.0769. The van der Waals surface area contributed by atoms with Crippen molar-refractivity contribution in [3.8, 4) is 11.1 Å². The molecule has 0 amide bonds. The smallest absolute Gasteiger partial charge is 0.337 e. The standard InChI is InChI=1S/C13H10BrNO2/c1-17-13(16)10-4-2-9(3-5-10)11-6-12(14)8-15-7-11/h2-8H,1H3. The van der Waals surface area contributed by atoms with E-state index in [1.54, 1.807) is 24.5 Å². The summed E-state index contributed by atoms with van der Waals surface area (Å²) in [6.07, 6.45) is 3.50. The summed E-state index contributed by atoms with van der Waals surface area (Å²) in [7, 11) is 1.37. The third kappa shape index (κ3) is 2.71. The lowest BCUT2D eigenvalue weighted by Gasteiger charge is -2.03. The normalized spacial score (nSPS) is 10.0. The molecule has 2 rings (SSSR count). The zero-order valence-electron chi connectivity index (χ0n) is 9.18. The van der Waals surface area contributed by atoms with Crippen LogP contribution < -0.4 is 0 Å². The Morgan fingerprint density at radius 1 is 1.18 bits per heavy atom. The highest BCUT2D eigenvalue weighted by molar-refractivity contribution is 9.10. The van der Waals surface area contributed by atoms with Crippen LogP contribution in [0.1, 0.15) is 10.4 Å². The summed E-state index contributed by atoms with van der Waals surface area (Å²) >= 11 is 3.37. The Morgan fingerprint density at radius 3 is 2.47 bits per heavy atom. The van der Waals surface area contributed by atoms with Crippen LogP contribution in [0.2, 0.25) is 0 Å². The largest absolute Gasteiger partial charge is 0.465 e. The van der Waals surface area contributed by atoms with E-state index in [9.17, 15) is 4.79 Å². The van der Waals surface area contributed by atoms with Gasteiger partial charge in [0.2, 0.25) is 0 Å². The summed E-state index contributed by atoms with van der Waals surface area (Å²) in [5, 5.41) is 0. The van der Waals surface area contributed by atoms with E-state index in [0.717, 1.165) is 15.6 Å². The molecule has 0 aliphatic rings. The number of halogens is 1. The van der Waals surface area contributed by atoms with Crippen molar-refractivity contribution in [3.63, 3.8) is 0 Å². The van der Waals surface area contributed by atoms with E-state index in [1.165, 1.54) is 7.11 Å². The fourth-order valence-electron chi connectivity index (χ4n) is 1.49. The fourth-order valence-corrected chi connectivity index (χ4v) is 1.85. The number of aromatic nitrogens is 1. The molecule has 17 heavy (non-hydrogen) atoms. The molecule has 0 saturated carbocycles. The van der Waals surface area contributed by atoms with Crippen LogP contribution in [0.4, 0.5) is 0 Å². The molecule has 0 N–H and O–H groups in total. The Morgan fingerprint density at radius 2 is 1.88 bits per heavy atom. The monoisotopic (exact) mass is 291 g/mol. The summed E-state index contributed by atoms with van der Waals surface area (Å²) in [6, 6.07) is 9.19. The number of carbonyl (C=O) groups excluding carboxylic acids is 1. The predicted molar refractivity (Wildman–Crippen MR) is 68.7 cm³/mol. The van der Waals surface area contributed by atoms with Gasteiger partial charge < -0.3 is 4.74 Å². The van der Waals surface area contributed by atoms with Crippen molar-refractivity contribution < 1.29 is 9.53 Å². The van der Waals surface area contributed by atoms with Crippen molar-refractivity contribution in [2.45, 2.75) is 0 Å². The van der Waals surface area contributed by atoms with Gasteiger partial charge in [0, 0.05) is 22.4 Å². The van der Waals surface area contributed by atoms with Crippen LogP contribution in [0, 0.1) is 0 Å².